The molecule has 0 fully saturated rings. The van der Waals surface area contributed by atoms with Gasteiger partial charge in [-0.2, -0.15) is 0 Å². The molecule has 0 radical (unpaired) electrons. The molecule has 5 aromatic carbocycles. The fraction of sp³-hybridized carbons (Fsp3) is 0.0222. The highest BCUT2D eigenvalue weighted by Gasteiger charge is 2.23. The van der Waals surface area contributed by atoms with Gasteiger partial charge in [0, 0.05) is 43.8 Å². The number of nitrogens with zero attached hydrogens (tertiary/aromatic N) is 5. The summed E-state index contributed by atoms with van der Waals surface area (Å²) in [7, 11) is -7.44. The smallest absolute Gasteiger partial charge is 0.233 e. The number of rotatable bonds is 8. The van der Waals surface area contributed by atoms with Crippen molar-refractivity contribution in [3.63, 3.8) is 0 Å². The molecule has 0 saturated heterocycles. The van der Waals surface area contributed by atoms with E-state index in [0.29, 0.717) is 15.4 Å². The first kappa shape index (κ1) is 58.5. The molecule has 0 saturated carbocycles. The van der Waals surface area contributed by atoms with Crippen molar-refractivity contribution < 1.29 is 39.2 Å². The highest BCUT2D eigenvalue weighted by Crippen LogP contribution is 2.34. The summed E-state index contributed by atoms with van der Waals surface area (Å²) in [4.78, 5) is 33.6. The van der Waals surface area contributed by atoms with Crippen molar-refractivity contribution in [3.05, 3.63) is 178 Å². The molecule has 0 atom stereocenters. The summed E-state index contributed by atoms with van der Waals surface area (Å²) in [6.45, 7) is 1.41. The Balaban J connectivity index is 0.000000164. The van der Waals surface area contributed by atoms with E-state index < -0.39 is 31.3 Å². The first-order valence-corrected chi connectivity index (χ1v) is 31.4. The molecule has 0 aliphatic rings. The summed E-state index contributed by atoms with van der Waals surface area (Å²) in [6.07, 6.45) is 0. The molecular formula is C45H28Br4F4N6O5S9. The zero-order chi connectivity index (χ0) is 52.9. The Morgan fingerprint density at radius 1 is 0.575 bits per heavy atom. The molecule has 28 heteroatoms. The molecule has 1 N–H and O–H groups in total. The average molecular weight is 1420 g/mol. The third-order valence-electron chi connectivity index (χ3n) is 8.36. The summed E-state index contributed by atoms with van der Waals surface area (Å²) >= 11 is 24.7. The molecule has 0 aliphatic heterocycles. The molecule has 10 rings (SSSR count). The largest absolute Gasteiger partial charge is 0.302 e. The van der Waals surface area contributed by atoms with E-state index in [4.69, 9.17) is 0 Å². The Hall–Kier alpha value is -3.78. The summed E-state index contributed by atoms with van der Waals surface area (Å²) in [5, 5.41) is 10.2. The number of fused-ring (bicyclic) bond motifs is 1. The third-order valence-corrected chi connectivity index (χ3v) is 21.1. The molecule has 0 bridgehead atoms. The molecule has 10 aromatic rings. The minimum atomic E-state index is -3.81. The Labute approximate surface area is 478 Å². The molecule has 378 valence electrons. The molecule has 1 amide bonds. The van der Waals surface area contributed by atoms with Gasteiger partial charge >= 0.3 is 0 Å². The van der Waals surface area contributed by atoms with Crippen LogP contribution in [0.25, 0.3) is 21.5 Å². The Morgan fingerprint density at radius 2 is 1.05 bits per heavy atom. The lowest BCUT2D eigenvalue weighted by molar-refractivity contribution is -0.114. The molecule has 0 aliphatic carbocycles. The minimum Gasteiger partial charge on any atom is -0.302 e. The van der Waals surface area contributed by atoms with E-state index in [2.05, 4.69) is 107 Å². The number of benzene rings is 5. The van der Waals surface area contributed by atoms with Crippen LogP contribution in [-0.2, 0) is 24.5 Å². The lowest BCUT2D eigenvalue weighted by Crippen LogP contribution is -2.04. The first-order valence-electron chi connectivity index (χ1n) is 19.7. The van der Waals surface area contributed by atoms with Crippen molar-refractivity contribution in [2.45, 2.75) is 39.5 Å². The number of thiol groups is 1. The molecule has 0 unspecified atom stereocenters. The minimum absolute atomic E-state index is 0.00680. The van der Waals surface area contributed by atoms with Gasteiger partial charge in [0.2, 0.25) is 34.3 Å². The molecule has 73 heavy (non-hydrogen) atoms. The second-order valence-electron chi connectivity index (χ2n) is 13.6. The van der Waals surface area contributed by atoms with Gasteiger partial charge in [0.1, 0.15) is 37.1 Å². The van der Waals surface area contributed by atoms with E-state index in [1.807, 2.05) is 16.8 Å². The van der Waals surface area contributed by atoms with Gasteiger partial charge in [-0.05, 0) is 173 Å². The van der Waals surface area contributed by atoms with Crippen LogP contribution in [0.5, 0.6) is 0 Å². The molecular weight excluding hydrogens is 1390 g/mol. The lowest BCUT2D eigenvalue weighted by atomic mass is 10.2. The zero-order valence-corrected chi connectivity index (χ0v) is 50.1. The quantitative estimate of drug-likeness (QED) is 0.0846. The third kappa shape index (κ3) is 17.9. The number of hydrogen-bond acceptors (Lipinski definition) is 17. The Kier molecular flexibility index (Phi) is 21.9. The topological polar surface area (TPSA) is 162 Å². The number of carbonyl (C=O) groups is 1. The lowest BCUT2D eigenvalue weighted by Gasteiger charge is -2.00. The van der Waals surface area contributed by atoms with Crippen molar-refractivity contribution in [2.24, 2.45) is 0 Å². The number of aromatic nitrogens is 5. The Morgan fingerprint density at radius 3 is 1.51 bits per heavy atom. The number of carbonyl (C=O) groups excluding carboxylic acids is 1. The van der Waals surface area contributed by atoms with Gasteiger partial charge in [-0.3, -0.25) is 4.79 Å². The van der Waals surface area contributed by atoms with Crippen LogP contribution in [0.1, 0.15) is 6.92 Å². The van der Waals surface area contributed by atoms with Gasteiger partial charge in [0.05, 0.1) is 25.7 Å². The van der Waals surface area contributed by atoms with Gasteiger partial charge in [-0.15, -0.1) is 58.0 Å². The standard InChI is InChI=1S/C18H12FN3O3S3.C9H5BrFNO2S2.C9H5BrFNS2.C6H5FS.C3HBr2NS/c1-10(23)20-17-21-14-7-2-11(8-16(14)27-17)15-9-26-18(22-15)28(24,25)13-5-3-12(19)4-6-13;10-8-5-15-9(12-8)16(13,14)7-3-1-6(11)2-4-7;10-8-5-13-9(12-8)14-7-3-1-6(11)2-4-7;7-5-1-3-6(8)4-2-5;4-2-1-7-3(5)6-2/h2-9H,1H3,(H,20,21,23);1-5H;1-5H;1-4,8H;1H. The van der Waals surface area contributed by atoms with Crippen LogP contribution in [0, 0.1) is 23.3 Å². The van der Waals surface area contributed by atoms with Crippen LogP contribution in [0.2, 0.25) is 0 Å². The van der Waals surface area contributed by atoms with Crippen molar-refractivity contribution >= 4 is 186 Å². The number of hydrogen-bond donors (Lipinski definition) is 2. The van der Waals surface area contributed by atoms with Gasteiger partial charge in [-0.1, -0.05) is 29.2 Å². The van der Waals surface area contributed by atoms with Crippen LogP contribution < -0.4 is 5.32 Å². The second-order valence-corrected chi connectivity index (χ2v) is 27.9. The van der Waals surface area contributed by atoms with E-state index in [0.717, 1.165) is 90.0 Å². The SMILES string of the molecule is Brc1csc(Br)n1.CC(=O)Nc1nc2ccc(-c3csc(S(=O)(=O)c4ccc(F)cc4)n3)cc2s1.Fc1ccc(S)cc1.Fc1ccc(Sc2nc(Br)cs2)cc1.O=S(=O)(c1ccc(F)cc1)c1nc(Br)cs1. The van der Waals surface area contributed by atoms with Crippen LogP contribution in [0.15, 0.2) is 187 Å². The number of halogens is 8. The maximum atomic E-state index is 13.1. The van der Waals surface area contributed by atoms with Gasteiger partial charge < -0.3 is 5.32 Å². The van der Waals surface area contributed by atoms with E-state index in [9.17, 15) is 39.2 Å². The summed E-state index contributed by atoms with van der Waals surface area (Å²) < 4.78 is 105. The number of amides is 1. The van der Waals surface area contributed by atoms with Gasteiger partial charge in [0.25, 0.3) is 0 Å². The maximum Gasteiger partial charge on any atom is 0.233 e. The number of thiazole rings is 5. The number of anilines is 1. The van der Waals surface area contributed by atoms with Gasteiger partial charge in [-0.25, -0.2) is 59.3 Å². The maximum absolute atomic E-state index is 13.1. The normalized spacial score (nSPS) is 10.9. The predicted molar refractivity (Wildman–Crippen MR) is 300 cm³/mol. The molecule has 5 aromatic heterocycles. The number of nitrogens with one attached hydrogen (secondary N) is 1. The van der Waals surface area contributed by atoms with E-state index in [1.165, 1.54) is 78.6 Å². The van der Waals surface area contributed by atoms with Crippen LogP contribution in [-0.4, -0.2) is 47.7 Å². The molecule has 5 heterocycles. The fourth-order valence-electron chi connectivity index (χ4n) is 5.16. The van der Waals surface area contributed by atoms with Crippen molar-refractivity contribution in [1.82, 2.24) is 24.9 Å². The van der Waals surface area contributed by atoms with Crippen LogP contribution >= 0.6 is 145 Å². The van der Waals surface area contributed by atoms with Crippen molar-refractivity contribution in [2.75, 3.05) is 5.32 Å². The van der Waals surface area contributed by atoms with E-state index in [1.54, 1.807) is 69.8 Å². The molecule has 11 nitrogen and oxygen atoms in total. The van der Waals surface area contributed by atoms with Gasteiger partial charge in [0.15, 0.2) is 13.4 Å². The monoisotopic (exact) mass is 1410 g/mol. The van der Waals surface area contributed by atoms with E-state index >= 15 is 0 Å². The average Bonchev–Trinajstić information content (AvgIpc) is 4.22. The predicted octanol–water partition coefficient (Wildman–Crippen LogP) is 16.2. The van der Waals surface area contributed by atoms with Crippen LogP contribution in [0.3, 0.4) is 0 Å². The highest BCUT2D eigenvalue weighted by atomic mass is 79.9. The van der Waals surface area contributed by atoms with Crippen molar-refractivity contribution in [1.29, 1.82) is 0 Å². The second kappa shape index (κ2) is 27.3. The van der Waals surface area contributed by atoms with Crippen molar-refractivity contribution in [3.8, 4) is 11.3 Å². The van der Waals surface area contributed by atoms with E-state index in [-0.39, 0.29) is 36.0 Å². The Bertz CT molecular complexity index is 3620. The zero-order valence-electron chi connectivity index (χ0n) is 36.3. The van der Waals surface area contributed by atoms with Crippen LogP contribution in [0.4, 0.5) is 22.7 Å². The number of sulfone groups is 2. The summed E-state index contributed by atoms with van der Waals surface area (Å²) in [5.41, 5.74) is 1.98. The fourth-order valence-corrected chi connectivity index (χ4v) is 15.6. The first-order chi connectivity index (χ1) is 34.6. The summed E-state index contributed by atoms with van der Waals surface area (Å²) in [6, 6.07) is 27.1. The summed E-state index contributed by atoms with van der Waals surface area (Å²) in [5.74, 6) is -1.61. The molecule has 0 spiro atoms. The highest BCUT2D eigenvalue weighted by molar-refractivity contribution is 9.11.